The normalized spacial score (nSPS) is 17.2. The molecule has 8 heteroatoms. The molecule has 3 N–H and O–H groups in total. The summed E-state index contributed by atoms with van der Waals surface area (Å²) in [6, 6.07) is 11.6. The zero-order chi connectivity index (χ0) is 19.7. The minimum absolute atomic E-state index is 0.0451. The summed E-state index contributed by atoms with van der Waals surface area (Å²) in [6.07, 6.45) is -2.78. The lowest BCUT2D eigenvalue weighted by Gasteiger charge is -2.17. The number of anilines is 2. The van der Waals surface area contributed by atoms with Gasteiger partial charge in [-0.05, 0) is 37.1 Å². The Kier molecular flexibility index (Phi) is 4.80. The number of aromatic nitrogens is 2. The topological polar surface area (TPSA) is 73.1 Å². The van der Waals surface area contributed by atoms with Crippen LogP contribution in [0.25, 0.3) is 22.0 Å². The van der Waals surface area contributed by atoms with Crippen LogP contribution in [0.5, 0.6) is 0 Å². The highest BCUT2D eigenvalue weighted by molar-refractivity contribution is 5.91. The Hall–Kier alpha value is -2.87. The maximum atomic E-state index is 13.2. The molecule has 2 aromatic heterocycles. The fourth-order valence-electron chi connectivity index (χ4n) is 3.33. The number of nitrogens with one attached hydrogen (secondary N) is 1. The molecule has 0 bridgehead atoms. The van der Waals surface area contributed by atoms with Gasteiger partial charge in [-0.3, -0.25) is 0 Å². The second kappa shape index (κ2) is 7.27. The van der Waals surface area contributed by atoms with Crippen molar-refractivity contribution in [1.82, 2.24) is 9.97 Å². The van der Waals surface area contributed by atoms with Crippen LogP contribution in [0.4, 0.5) is 24.8 Å². The highest BCUT2D eigenvalue weighted by Crippen LogP contribution is 2.36. The van der Waals surface area contributed by atoms with E-state index in [9.17, 15) is 13.2 Å². The molecule has 1 saturated heterocycles. The molecule has 28 heavy (non-hydrogen) atoms. The molecule has 1 aromatic carbocycles. The second-order valence-electron chi connectivity index (χ2n) is 6.72. The predicted octanol–water partition coefficient (Wildman–Crippen LogP) is 4.49. The van der Waals surface area contributed by atoms with Crippen molar-refractivity contribution in [3.8, 4) is 11.1 Å². The number of pyridine rings is 2. The SMILES string of the molecule is Nc1nc2ccccc2cc1-c1ccc(C(F)(F)F)nc1NCC1CCCO1. The molecule has 5 nitrogen and oxygen atoms in total. The van der Waals surface area contributed by atoms with Crippen molar-refractivity contribution in [3.63, 3.8) is 0 Å². The van der Waals surface area contributed by atoms with Crippen molar-refractivity contribution >= 4 is 22.5 Å². The molecule has 0 saturated carbocycles. The van der Waals surface area contributed by atoms with E-state index in [1.54, 1.807) is 0 Å². The largest absolute Gasteiger partial charge is 0.433 e. The zero-order valence-corrected chi connectivity index (χ0v) is 15.0. The van der Waals surface area contributed by atoms with E-state index in [0.29, 0.717) is 24.3 Å². The fraction of sp³-hybridized carbons (Fsp3) is 0.300. The molecule has 3 aromatic rings. The molecule has 1 aliphatic heterocycles. The summed E-state index contributed by atoms with van der Waals surface area (Å²) in [4.78, 5) is 8.20. The van der Waals surface area contributed by atoms with Crippen molar-refractivity contribution in [2.75, 3.05) is 24.2 Å². The van der Waals surface area contributed by atoms with Gasteiger partial charge in [0, 0.05) is 29.7 Å². The average Bonchev–Trinajstić information content (AvgIpc) is 3.18. The van der Waals surface area contributed by atoms with Crippen LogP contribution in [0.15, 0.2) is 42.5 Å². The van der Waals surface area contributed by atoms with Crippen LogP contribution >= 0.6 is 0 Å². The quantitative estimate of drug-likeness (QED) is 0.689. The Bertz CT molecular complexity index is 1000. The number of alkyl halides is 3. The van der Waals surface area contributed by atoms with Gasteiger partial charge in [0.25, 0.3) is 0 Å². The number of hydrogen-bond acceptors (Lipinski definition) is 5. The predicted molar refractivity (Wildman–Crippen MR) is 102 cm³/mol. The van der Waals surface area contributed by atoms with Gasteiger partial charge in [0.05, 0.1) is 11.6 Å². The zero-order valence-electron chi connectivity index (χ0n) is 15.0. The van der Waals surface area contributed by atoms with Gasteiger partial charge in [0.15, 0.2) is 0 Å². The summed E-state index contributed by atoms with van der Waals surface area (Å²) in [5.41, 5.74) is 6.89. The summed E-state index contributed by atoms with van der Waals surface area (Å²) in [6.45, 7) is 1.04. The monoisotopic (exact) mass is 388 g/mol. The Morgan fingerprint density at radius 2 is 1.93 bits per heavy atom. The van der Waals surface area contributed by atoms with Crippen LogP contribution in [0.2, 0.25) is 0 Å². The molecule has 3 heterocycles. The molecule has 0 aliphatic carbocycles. The maximum Gasteiger partial charge on any atom is 0.433 e. The fourth-order valence-corrected chi connectivity index (χ4v) is 3.33. The molecular formula is C20H19F3N4O. The van der Waals surface area contributed by atoms with Crippen LogP contribution in [0.3, 0.4) is 0 Å². The summed E-state index contributed by atoms with van der Waals surface area (Å²) in [5.74, 6) is 0.356. The van der Waals surface area contributed by atoms with Gasteiger partial charge in [-0.2, -0.15) is 13.2 Å². The Morgan fingerprint density at radius 1 is 1.11 bits per heavy atom. The van der Waals surface area contributed by atoms with Gasteiger partial charge in [-0.1, -0.05) is 18.2 Å². The molecular weight excluding hydrogens is 369 g/mol. The number of nitrogens with zero attached hydrogens (tertiary/aromatic N) is 2. The van der Waals surface area contributed by atoms with E-state index < -0.39 is 11.9 Å². The number of benzene rings is 1. The molecule has 1 aliphatic rings. The van der Waals surface area contributed by atoms with E-state index in [2.05, 4.69) is 15.3 Å². The molecule has 0 spiro atoms. The third-order valence-electron chi connectivity index (χ3n) is 4.75. The highest BCUT2D eigenvalue weighted by Gasteiger charge is 2.33. The average molecular weight is 388 g/mol. The van der Waals surface area contributed by atoms with E-state index in [1.165, 1.54) is 6.07 Å². The minimum atomic E-state index is -4.54. The van der Waals surface area contributed by atoms with Crippen molar-refractivity contribution in [2.24, 2.45) is 0 Å². The highest BCUT2D eigenvalue weighted by atomic mass is 19.4. The number of halogens is 3. The number of ether oxygens (including phenoxy) is 1. The van der Waals surface area contributed by atoms with E-state index in [4.69, 9.17) is 10.5 Å². The van der Waals surface area contributed by atoms with Crippen LogP contribution in [-0.4, -0.2) is 29.2 Å². The van der Waals surface area contributed by atoms with Gasteiger partial charge < -0.3 is 15.8 Å². The van der Waals surface area contributed by atoms with Crippen molar-refractivity contribution in [2.45, 2.75) is 25.1 Å². The van der Waals surface area contributed by atoms with Crippen molar-refractivity contribution < 1.29 is 17.9 Å². The number of fused-ring (bicyclic) bond motifs is 1. The number of hydrogen-bond donors (Lipinski definition) is 2. The first kappa shape index (κ1) is 18.5. The smallest absolute Gasteiger partial charge is 0.383 e. The van der Waals surface area contributed by atoms with Crippen LogP contribution in [0, 0.1) is 0 Å². The number of nitrogens with two attached hydrogens (primary N) is 1. The molecule has 0 amide bonds. The minimum Gasteiger partial charge on any atom is -0.383 e. The Morgan fingerprint density at radius 3 is 2.68 bits per heavy atom. The molecule has 0 radical (unpaired) electrons. The lowest BCUT2D eigenvalue weighted by atomic mass is 10.0. The summed E-state index contributed by atoms with van der Waals surface area (Å²) in [7, 11) is 0. The van der Waals surface area contributed by atoms with Crippen LogP contribution in [-0.2, 0) is 10.9 Å². The standard InChI is InChI=1S/C20H19F3N4O/c21-20(22,23)17-8-7-14(19(27-17)25-11-13-5-3-9-28-13)15-10-12-4-1-2-6-16(12)26-18(15)24/h1-2,4,6-8,10,13H,3,5,9,11H2,(H2,24,26)(H,25,27). The molecule has 1 atom stereocenters. The van der Waals surface area contributed by atoms with Crippen LogP contribution in [0.1, 0.15) is 18.5 Å². The lowest BCUT2D eigenvalue weighted by Crippen LogP contribution is -2.20. The first-order valence-corrected chi connectivity index (χ1v) is 9.01. The van der Waals surface area contributed by atoms with Crippen molar-refractivity contribution in [1.29, 1.82) is 0 Å². The van der Waals surface area contributed by atoms with Gasteiger partial charge in [0.1, 0.15) is 17.3 Å². The van der Waals surface area contributed by atoms with Gasteiger partial charge in [-0.15, -0.1) is 0 Å². The first-order valence-electron chi connectivity index (χ1n) is 9.01. The third kappa shape index (κ3) is 3.73. The number of para-hydroxylation sites is 1. The van der Waals surface area contributed by atoms with Crippen LogP contribution < -0.4 is 11.1 Å². The molecule has 1 unspecified atom stereocenters. The Balaban J connectivity index is 1.77. The van der Waals surface area contributed by atoms with Crippen molar-refractivity contribution in [3.05, 3.63) is 48.2 Å². The summed E-state index contributed by atoms with van der Waals surface area (Å²) in [5, 5.41) is 3.87. The maximum absolute atomic E-state index is 13.2. The lowest BCUT2D eigenvalue weighted by molar-refractivity contribution is -0.141. The Labute approximate surface area is 159 Å². The van der Waals surface area contributed by atoms with Gasteiger partial charge in [-0.25, -0.2) is 9.97 Å². The van der Waals surface area contributed by atoms with Gasteiger partial charge in [0.2, 0.25) is 0 Å². The van der Waals surface area contributed by atoms with E-state index >= 15 is 0 Å². The first-order chi connectivity index (χ1) is 13.4. The molecule has 4 rings (SSSR count). The number of rotatable bonds is 4. The summed E-state index contributed by atoms with van der Waals surface area (Å²) < 4.78 is 45.1. The number of nitrogen functional groups attached to an aromatic ring is 1. The van der Waals surface area contributed by atoms with E-state index in [-0.39, 0.29) is 17.7 Å². The van der Waals surface area contributed by atoms with E-state index in [0.717, 1.165) is 29.8 Å². The molecule has 1 fully saturated rings. The second-order valence-corrected chi connectivity index (χ2v) is 6.72. The molecule has 146 valence electrons. The van der Waals surface area contributed by atoms with Gasteiger partial charge >= 0.3 is 6.18 Å². The third-order valence-corrected chi connectivity index (χ3v) is 4.75. The van der Waals surface area contributed by atoms with E-state index in [1.807, 2.05) is 30.3 Å². The summed E-state index contributed by atoms with van der Waals surface area (Å²) >= 11 is 0.